The van der Waals surface area contributed by atoms with Crippen molar-refractivity contribution in [3.05, 3.63) is 24.3 Å². The fourth-order valence-electron chi connectivity index (χ4n) is 6.66. The fourth-order valence-corrected chi connectivity index (χ4v) is 6.66. The van der Waals surface area contributed by atoms with E-state index >= 15 is 0 Å². The first-order chi connectivity index (χ1) is 22.5. The molecule has 0 fully saturated rings. The van der Waals surface area contributed by atoms with Crippen LogP contribution < -0.4 is 5.73 Å². The highest BCUT2D eigenvalue weighted by atomic mass is 16.6. The van der Waals surface area contributed by atoms with E-state index in [9.17, 15) is 4.79 Å². The van der Waals surface area contributed by atoms with Gasteiger partial charge in [-0.05, 0) is 78.3 Å². The summed E-state index contributed by atoms with van der Waals surface area (Å²) in [5, 5.41) is 0. The molecule has 2 N–H and O–H groups in total. The van der Waals surface area contributed by atoms with Gasteiger partial charge in [0.25, 0.3) is 0 Å². The maximum atomic E-state index is 11.6. The third-order valence-corrected chi connectivity index (χ3v) is 9.57. The minimum atomic E-state index is -0.651. The molecule has 0 radical (unpaired) electrons. The quantitative estimate of drug-likeness (QED) is 0.0418. The van der Waals surface area contributed by atoms with E-state index in [1.165, 1.54) is 186 Å². The van der Waals surface area contributed by atoms with Crippen molar-refractivity contribution >= 4 is 6.09 Å². The van der Waals surface area contributed by atoms with E-state index in [0.29, 0.717) is 5.92 Å². The van der Waals surface area contributed by atoms with E-state index < -0.39 is 6.09 Å². The molecule has 0 aromatic heterocycles. The SMILES string of the molecule is CCCCCCCC/C=C\CCCCCCCCCC(CCCCCCCC/C=C\CCCCCCCC)C(OC(N)=O)N(C)C. The van der Waals surface area contributed by atoms with Crippen molar-refractivity contribution in [2.24, 2.45) is 11.7 Å². The van der Waals surface area contributed by atoms with Crippen molar-refractivity contribution in [1.82, 2.24) is 4.90 Å². The predicted octanol–water partition coefficient (Wildman–Crippen LogP) is 13.8. The van der Waals surface area contributed by atoms with Crippen LogP contribution in [0.5, 0.6) is 0 Å². The lowest BCUT2D eigenvalue weighted by atomic mass is 9.92. The summed E-state index contributed by atoms with van der Waals surface area (Å²) in [6.07, 6.45) is 49.7. The molecule has 2 unspecified atom stereocenters. The van der Waals surface area contributed by atoms with Crippen LogP contribution in [0.2, 0.25) is 0 Å². The molecule has 0 aliphatic heterocycles. The Morgan fingerprint density at radius 1 is 0.500 bits per heavy atom. The van der Waals surface area contributed by atoms with Crippen LogP contribution in [0, 0.1) is 5.92 Å². The van der Waals surface area contributed by atoms with Crippen LogP contribution in [0.3, 0.4) is 0 Å². The Kier molecular flexibility index (Phi) is 35.5. The van der Waals surface area contributed by atoms with Gasteiger partial charge in [-0.15, -0.1) is 0 Å². The molecule has 2 atom stereocenters. The predicted molar refractivity (Wildman–Crippen MR) is 204 cm³/mol. The van der Waals surface area contributed by atoms with E-state index in [1.54, 1.807) is 0 Å². The van der Waals surface area contributed by atoms with E-state index in [4.69, 9.17) is 10.5 Å². The highest BCUT2D eigenvalue weighted by Crippen LogP contribution is 2.25. The number of amides is 1. The summed E-state index contributed by atoms with van der Waals surface area (Å²) in [4.78, 5) is 13.7. The number of rotatable bonds is 36. The van der Waals surface area contributed by atoms with Crippen LogP contribution >= 0.6 is 0 Å². The molecule has 0 bridgehead atoms. The highest BCUT2D eigenvalue weighted by Gasteiger charge is 2.26. The third kappa shape index (κ3) is 32.6. The number of nitrogens with zero attached hydrogens (tertiary/aromatic N) is 1. The smallest absolute Gasteiger partial charge is 0.406 e. The Labute approximate surface area is 289 Å². The van der Waals surface area contributed by atoms with E-state index in [0.717, 1.165) is 12.8 Å². The number of nitrogens with two attached hydrogens (primary N) is 1. The Bertz CT molecular complexity index is 675. The summed E-state index contributed by atoms with van der Waals surface area (Å²) in [7, 11) is 4.01. The van der Waals surface area contributed by atoms with Gasteiger partial charge in [0.15, 0.2) is 6.23 Å². The zero-order chi connectivity index (χ0) is 33.8. The number of allylic oxidation sites excluding steroid dienone is 4. The summed E-state index contributed by atoms with van der Waals surface area (Å²) in [6.45, 7) is 4.57. The standard InChI is InChI=1S/C42H82N2O2/c1-5-7-9-11-13-15-17-19-21-23-25-27-29-31-33-35-37-39-40(41(44(3)4)46-42(43)45)38-36-34-32-30-28-26-24-22-20-18-16-14-12-10-8-6-2/h19-22,40-41H,5-18,23-39H2,1-4H3,(H2,43,45)/b21-19-,22-20-. The van der Waals surface area contributed by atoms with Gasteiger partial charge in [-0.25, -0.2) is 4.79 Å². The first-order valence-electron chi connectivity index (χ1n) is 20.4. The molecular weight excluding hydrogens is 564 g/mol. The summed E-state index contributed by atoms with van der Waals surface area (Å²) in [6, 6.07) is 0. The monoisotopic (exact) mass is 647 g/mol. The Morgan fingerprint density at radius 3 is 1.07 bits per heavy atom. The highest BCUT2D eigenvalue weighted by molar-refractivity contribution is 5.64. The van der Waals surface area contributed by atoms with Gasteiger partial charge in [0.05, 0.1) is 0 Å². The van der Waals surface area contributed by atoms with Gasteiger partial charge in [0.2, 0.25) is 0 Å². The minimum Gasteiger partial charge on any atom is -0.430 e. The molecule has 4 nitrogen and oxygen atoms in total. The van der Waals surface area contributed by atoms with Crippen LogP contribution in [0.15, 0.2) is 24.3 Å². The molecule has 0 aromatic carbocycles. The molecule has 0 heterocycles. The van der Waals surface area contributed by atoms with Crippen LogP contribution in [0.25, 0.3) is 0 Å². The fraction of sp³-hybridized carbons (Fsp3) is 0.881. The average molecular weight is 647 g/mol. The van der Waals surface area contributed by atoms with Crippen molar-refractivity contribution < 1.29 is 9.53 Å². The largest absolute Gasteiger partial charge is 0.430 e. The van der Waals surface area contributed by atoms with E-state index in [1.807, 2.05) is 19.0 Å². The zero-order valence-electron chi connectivity index (χ0n) is 31.7. The van der Waals surface area contributed by atoms with Crippen molar-refractivity contribution in [2.45, 2.75) is 219 Å². The molecule has 0 rings (SSSR count). The molecular formula is C42H82N2O2. The van der Waals surface area contributed by atoms with Crippen LogP contribution in [0.1, 0.15) is 213 Å². The lowest BCUT2D eigenvalue weighted by Crippen LogP contribution is -2.40. The number of primary amides is 1. The topological polar surface area (TPSA) is 55.6 Å². The van der Waals surface area contributed by atoms with E-state index in [-0.39, 0.29) is 6.23 Å². The van der Waals surface area contributed by atoms with Crippen molar-refractivity contribution in [3.63, 3.8) is 0 Å². The normalized spacial score (nSPS) is 13.3. The first-order valence-corrected chi connectivity index (χ1v) is 20.4. The molecule has 4 heteroatoms. The molecule has 0 aliphatic rings. The van der Waals surface area contributed by atoms with Gasteiger partial charge in [-0.3, -0.25) is 4.90 Å². The molecule has 272 valence electrons. The van der Waals surface area contributed by atoms with Gasteiger partial charge in [-0.2, -0.15) is 0 Å². The van der Waals surface area contributed by atoms with Crippen molar-refractivity contribution in [2.75, 3.05) is 14.1 Å². The number of carbonyl (C=O) groups excluding carboxylic acids is 1. The number of hydrogen-bond donors (Lipinski definition) is 1. The third-order valence-electron chi connectivity index (χ3n) is 9.57. The van der Waals surface area contributed by atoms with Gasteiger partial charge in [0.1, 0.15) is 0 Å². The van der Waals surface area contributed by atoms with Crippen LogP contribution in [0.4, 0.5) is 4.79 Å². The van der Waals surface area contributed by atoms with Gasteiger partial charge < -0.3 is 10.5 Å². The average Bonchev–Trinajstić information content (AvgIpc) is 3.03. The molecule has 46 heavy (non-hydrogen) atoms. The minimum absolute atomic E-state index is 0.213. The summed E-state index contributed by atoms with van der Waals surface area (Å²) in [5.74, 6) is 0.363. The molecule has 1 amide bonds. The number of carbonyl (C=O) groups is 1. The van der Waals surface area contributed by atoms with Crippen LogP contribution in [-0.2, 0) is 4.74 Å². The van der Waals surface area contributed by atoms with Gasteiger partial charge in [0, 0.05) is 5.92 Å². The lowest BCUT2D eigenvalue weighted by molar-refractivity contribution is -0.0286. The summed E-state index contributed by atoms with van der Waals surface area (Å²) in [5.41, 5.74) is 5.46. The molecule has 0 aromatic rings. The second-order valence-electron chi connectivity index (χ2n) is 14.4. The maximum Gasteiger partial charge on any atom is 0.406 e. The van der Waals surface area contributed by atoms with Crippen molar-refractivity contribution in [1.29, 1.82) is 0 Å². The summed E-state index contributed by atoms with van der Waals surface area (Å²) >= 11 is 0. The molecule has 0 spiro atoms. The molecule has 0 saturated carbocycles. The number of unbranched alkanes of at least 4 members (excludes halogenated alkanes) is 25. The Hall–Kier alpha value is -1.29. The van der Waals surface area contributed by atoms with E-state index in [2.05, 4.69) is 38.2 Å². The Morgan fingerprint density at radius 2 is 0.783 bits per heavy atom. The van der Waals surface area contributed by atoms with Crippen molar-refractivity contribution in [3.8, 4) is 0 Å². The maximum absolute atomic E-state index is 11.6. The summed E-state index contributed by atoms with van der Waals surface area (Å²) < 4.78 is 5.59. The molecule has 0 aliphatic carbocycles. The molecule has 0 saturated heterocycles. The lowest BCUT2D eigenvalue weighted by Gasteiger charge is -2.31. The number of hydrogen-bond acceptors (Lipinski definition) is 3. The zero-order valence-corrected chi connectivity index (χ0v) is 31.7. The van der Waals surface area contributed by atoms with Gasteiger partial charge in [-0.1, -0.05) is 173 Å². The number of ether oxygens (including phenoxy) is 1. The Balaban J connectivity index is 3.98. The first kappa shape index (κ1) is 44.7. The second-order valence-corrected chi connectivity index (χ2v) is 14.4. The van der Waals surface area contributed by atoms with Crippen LogP contribution in [-0.4, -0.2) is 31.3 Å². The second kappa shape index (κ2) is 36.5. The van der Waals surface area contributed by atoms with Gasteiger partial charge >= 0.3 is 6.09 Å².